The zero-order chi connectivity index (χ0) is 14.9. The molecule has 7 heteroatoms. The van der Waals surface area contributed by atoms with Crippen LogP contribution in [0.5, 0.6) is 0 Å². The average Bonchev–Trinajstić information content (AvgIpc) is 2.42. The number of piperidine rings is 1. The van der Waals surface area contributed by atoms with Crippen molar-refractivity contribution in [3.8, 4) is 0 Å². The predicted octanol–water partition coefficient (Wildman–Crippen LogP) is 0.776. The molecule has 2 N–H and O–H groups in total. The number of carboxylic acid groups (broad SMARTS) is 1. The third-order valence-corrected chi connectivity index (χ3v) is 5.40. The van der Waals surface area contributed by atoms with Gasteiger partial charge in [0, 0.05) is 13.1 Å². The number of carbonyl (C=O) groups is 1. The van der Waals surface area contributed by atoms with Gasteiger partial charge >= 0.3 is 5.97 Å². The maximum Gasteiger partial charge on any atom is 0.335 e. The van der Waals surface area contributed by atoms with Crippen LogP contribution in [0, 0.1) is 5.92 Å². The number of rotatable bonds is 3. The van der Waals surface area contributed by atoms with Crippen molar-refractivity contribution in [2.45, 2.75) is 24.3 Å². The molecule has 20 heavy (non-hydrogen) atoms. The van der Waals surface area contributed by atoms with Crippen molar-refractivity contribution in [3.05, 3.63) is 29.8 Å². The SMILES string of the molecule is CC1CN(S(=O)(=O)c2cccc(C(=O)O)c2)CCC1O. The number of aliphatic hydroxyl groups is 1. The number of hydrogen-bond acceptors (Lipinski definition) is 4. The quantitative estimate of drug-likeness (QED) is 0.860. The van der Waals surface area contributed by atoms with Crippen LogP contribution in [-0.4, -0.2) is 48.1 Å². The van der Waals surface area contributed by atoms with E-state index < -0.39 is 22.1 Å². The highest BCUT2D eigenvalue weighted by Crippen LogP contribution is 2.24. The molecule has 1 saturated heterocycles. The Hall–Kier alpha value is -1.44. The first-order valence-electron chi connectivity index (χ1n) is 6.34. The zero-order valence-electron chi connectivity index (χ0n) is 11.1. The Balaban J connectivity index is 2.31. The lowest BCUT2D eigenvalue weighted by Gasteiger charge is -2.33. The third kappa shape index (κ3) is 2.84. The fraction of sp³-hybridized carbons (Fsp3) is 0.462. The summed E-state index contributed by atoms with van der Waals surface area (Å²) in [4.78, 5) is 10.9. The van der Waals surface area contributed by atoms with Gasteiger partial charge in [-0.15, -0.1) is 0 Å². The zero-order valence-corrected chi connectivity index (χ0v) is 11.9. The summed E-state index contributed by atoms with van der Waals surface area (Å²) in [7, 11) is -3.72. The van der Waals surface area contributed by atoms with E-state index in [1.54, 1.807) is 6.92 Å². The Kier molecular flexibility index (Phi) is 4.12. The van der Waals surface area contributed by atoms with Gasteiger partial charge in [0.05, 0.1) is 16.6 Å². The Morgan fingerprint density at radius 3 is 2.70 bits per heavy atom. The van der Waals surface area contributed by atoms with Gasteiger partial charge in [-0.05, 0) is 30.5 Å². The molecule has 0 aliphatic carbocycles. The van der Waals surface area contributed by atoms with E-state index in [1.165, 1.54) is 22.5 Å². The van der Waals surface area contributed by atoms with Crippen LogP contribution in [0.2, 0.25) is 0 Å². The third-order valence-electron chi connectivity index (χ3n) is 3.54. The highest BCUT2D eigenvalue weighted by Gasteiger charge is 2.32. The first kappa shape index (κ1) is 15.0. The van der Waals surface area contributed by atoms with Crippen LogP contribution in [0.3, 0.4) is 0 Å². The van der Waals surface area contributed by atoms with Crippen molar-refractivity contribution in [3.63, 3.8) is 0 Å². The first-order chi connectivity index (χ1) is 9.32. The molecular formula is C13H17NO5S. The van der Waals surface area contributed by atoms with Gasteiger partial charge < -0.3 is 10.2 Å². The van der Waals surface area contributed by atoms with E-state index in [0.717, 1.165) is 6.07 Å². The van der Waals surface area contributed by atoms with E-state index in [2.05, 4.69) is 0 Å². The van der Waals surface area contributed by atoms with Crippen LogP contribution in [0.25, 0.3) is 0 Å². The molecule has 2 atom stereocenters. The van der Waals surface area contributed by atoms with E-state index >= 15 is 0 Å². The van der Waals surface area contributed by atoms with Crippen molar-refractivity contribution < 1.29 is 23.4 Å². The largest absolute Gasteiger partial charge is 0.478 e. The summed E-state index contributed by atoms with van der Waals surface area (Å²) in [5, 5.41) is 18.6. The molecule has 1 aromatic rings. The minimum Gasteiger partial charge on any atom is -0.478 e. The number of hydrogen-bond donors (Lipinski definition) is 2. The average molecular weight is 299 g/mol. The van der Waals surface area contributed by atoms with Gasteiger partial charge in [0.25, 0.3) is 0 Å². The summed E-state index contributed by atoms with van der Waals surface area (Å²) in [6.07, 6.45) is -0.106. The lowest BCUT2D eigenvalue weighted by Crippen LogP contribution is -2.44. The van der Waals surface area contributed by atoms with Gasteiger partial charge in [-0.2, -0.15) is 4.31 Å². The van der Waals surface area contributed by atoms with Crippen molar-refractivity contribution >= 4 is 16.0 Å². The lowest BCUT2D eigenvalue weighted by atomic mass is 9.99. The second-order valence-electron chi connectivity index (χ2n) is 5.03. The van der Waals surface area contributed by atoms with Gasteiger partial charge in [-0.3, -0.25) is 0 Å². The molecule has 0 bridgehead atoms. The van der Waals surface area contributed by atoms with Crippen LogP contribution in [0.15, 0.2) is 29.2 Å². The summed E-state index contributed by atoms with van der Waals surface area (Å²) < 4.78 is 26.2. The van der Waals surface area contributed by atoms with Gasteiger partial charge in [0.15, 0.2) is 0 Å². The highest BCUT2D eigenvalue weighted by molar-refractivity contribution is 7.89. The number of aliphatic hydroxyl groups excluding tert-OH is 1. The van der Waals surface area contributed by atoms with E-state index in [9.17, 15) is 18.3 Å². The topological polar surface area (TPSA) is 94.9 Å². The molecular weight excluding hydrogens is 282 g/mol. The van der Waals surface area contributed by atoms with Crippen LogP contribution < -0.4 is 0 Å². The van der Waals surface area contributed by atoms with Gasteiger partial charge in [0.1, 0.15) is 0 Å². The molecule has 0 aromatic heterocycles. The van der Waals surface area contributed by atoms with E-state index in [0.29, 0.717) is 6.42 Å². The van der Waals surface area contributed by atoms with Crippen LogP contribution in [0.1, 0.15) is 23.7 Å². The molecule has 0 spiro atoms. The summed E-state index contributed by atoms with van der Waals surface area (Å²) in [5.74, 6) is -1.30. The van der Waals surface area contributed by atoms with Crippen molar-refractivity contribution in [1.29, 1.82) is 0 Å². The molecule has 1 aromatic carbocycles. The number of carboxylic acids is 1. The molecule has 1 fully saturated rings. The molecule has 2 unspecified atom stereocenters. The monoisotopic (exact) mass is 299 g/mol. The van der Waals surface area contributed by atoms with E-state index in [-0.39, 0.29) is 29.5 Å². The summed E-state index contributed by atoms with van der Waals surface area (Å²) >= 11 is 0. The predicted molar refractivity (Wildman–Crippen MR) is 71.9 cm³/mol. The van der Waals surface area contributed by atoms with Crippen LogP contribution in [0.4, 0.5) is 0 Å². The standard InChI is InChI=1S/C13H17NO5S/c1-9-8-14(6-5-12(9)15)20(18,19)11-4-2-3-10(7-11)13(16)17/h2-4,7,9,12,15H,5-6,8H2,1H3,(H,16,17). The minimum absolute atomic E-state index is 0.0269. The van der Waals surface area contributed by atoms with Crippen LogP contribution in [-0.2, 0) is 10.0 Å². The fourth-order valence-corrected chi connectivity index (χ4v) is 3.85. The summed E-state index contributed by atoms with van der Waals surface area (Å²) in [6.45, 7) is 2.27. The molecule has 0 saturated carbocycles. The maximum absolute atomic E-state index is 12.5. The summed E-state index contributed by atoms with van der Waals surface area (Å²) in [5.41, 5.74) is -0.0591. The number of nitrogens with zero attached hydrogens (tertiary/aromatic N) is 1. The number of benzene rings is 1. The number of sulfonamides is 1. The molecule has 2 rings (SSSR count). The van der Waals surface area contributed by atoms with Gasteiger partial charge in [-0.25, -0.2) is 13.2 Å². The second kappa shape index (κ2) is 5.51. The Bertz CT molecular complexity index is 613. The van der Waals surface area contributed by atoms with Gasteiger partial charge in [-0.1, -0.05) is 13.0 Å². The van der Waals surface area contributed by atoms with E-state index in [1.807, 2.05) is 0 Å². The molecule has 1 heterocycles. The van der Waals surface area contributed by atoms with Gasteiger partial charge in [0.2, 0.25) is 10.0 Å². The molecule has 110 valence electrons. The second-order valence-corrected chi connectivity index (χ2v) is 6.97. The molecule has 6 nitrogen and oxygen atoms in total. The maximum atomic E-state index is 12.5. The Morgan fingerprint density at radius 2 is 2.10 bits per heavy atom. The normalized spacial score (nSPS) is 24.5. The molecule has 0 amide bonds. The number of aromatic carboxylic acids is 1. The Labute approximate surface area is 117 Å². The molecule has 1 aliphatic heterocycles. The smallest absolute Gasteiger partial charge is 0.335 e. The van der Waals surface area contributed by atoms with Crippen molar-refractivity contribution in [2.24, 2.45) is 5.92 Å². The first-order valence-corrected chi connectivity index (χ1v) is 7.78. The molecule has 0 radical (unpaired) electrons. The minimum atomic E-state index is -3.72. The van der Waals surface area contributed by atoms with Crippen LogP contribution >= 0.6 is 0 Å². The Morgan fingerprint density at radius 1 is 1.40 bits per heavy atom. The van der Waals surface area contributed by atoms with Crippen molar-refractivity contribution in [2.75, 3.05) is 13.1 Å². The lowest BCUT2D eigenvalue weighted by molar-refractivity contribution is 0.0628. The summed E-state index contributed by atoms with van der Waals surface area (Å²) in [6, 6.07) is 5.31. The fourth-order valence-electron chi connectivity index (χ4n) is 2.25. The highest BCUT2D eigenvalue weighted by atomic mass is 32.2. The molecule has 1 aliphatic rings. The van der Waals surface area contributed by atoms with Crippen molar-refractivity contribution in [1.82, 2.24) is 4.31 Å². The van der Waals surface area contributed by atoms with E-state index in [4.69, 9.17) is 5.11 Å².